The SMILES string of the molecule is C=CCBr.C=CCn1c(=O)n(C)c2nc(-c3cc(CC)ccc3C#N)ccc21.C=CCn1c(=O)n(C)c2nc(-c3cc(CN4CCc5o[nH]c(=O)c5C4)ccc3C#N)ccc21.C=CCn1c(=O)n(C)c2nc(-c3cc(CO)ccc3C#N)ccc21.C=CCn1c(=O)n(C)c2nc(Cl)ccc21.CS(=O)(=O)Cl.Cn1c(=O)[nH]c2ccc(Cl)nc21.N#Cc1ccc(CO)cc1B(O)O.O=c1[nH]oc2c1CNCC2. The fourth-order valence-electron chi connectivity index (χ4n) is 14.8. The van der Waals surface area contributed by atoms with Crippen LogP contribution in [-0.2, 0) is 123 Å². The highest BCUT2D eigenvalue weighted by Crippen LogP contribution is 2.31. The molecule has 0 saturated heterocycles. The highest BCUT2D eigenvalue weighted by Gasteiger charge is 2.26. The number of aliphatic hydroxyl groups is 2. The minimum absolute atomic E-state index is 0.0952. The van der Waals surface area contributed by atoms with Crippen molar-refractivity contribution in [3.8, 4) is 58.0 Å². The summed E-state index contributed by atoms with van der Waals surface area (Å²) in [6.07, 6.45) is 11.8. The van der Waals surface area contributed by atoms with Crippen molar-refractivity contribution in [3.63, 3.8) is 0 Å². The summed E-state index contributed by atoms with van der Waals surface area (Å²) in [7, 11) is 8.00. The van der Waals surface area contributed by atoms with Gasteiger partial charge < -0.3 is 39.6 Å². The molecule has 8 N–H and O–H groups in total. The minimum atomic E-state index is -3.19. The second-order valence-corrected chi connectivity index (χ2v) is 35.5. The van der Waals surface area contributed by atoms with E-state index in [0.29, 0.717) is 163 Å². The largest absolute Gasteiger partial charge is 0.489 e. The number of alkyl halides is 1. The average molecular weight is 2040 g/mol. The molecular formula is C96H96BBrCl3N23O15S. The molecule has 140 heavy (non-hydrogen) atoms. The van der Waals surface area contributed by atoms with Crippen LogP contribution in [0.25, 0.3) is 89.6 Å². The Morgan fingerprint density at radius 2 is 0.857 bits per heavy atom. The fraction of sp³-hybridized carbons (Fsp3) is 0.229. The van der Waals surface area contributed by atoms with Crippen molar-refractivity contribution in [1.82, 2.24) is 91.5 Å². The molecule has 16 aromatic rings. The van der Waals surface area contributed by atoms with E-state index in [1.165, 1.54) is 35.0 Å². The van der Waals surface area contributed by atoms with Crippen LogP contribution in [0.5, 0.6) is 0 Å². The number of aryl methyl sites for hydroxylation is 6. The number of H-pyrrole nitrogens is 3. The van der Waals surface area contributed by atoms with E-state index in [0.717, 1.165) is 87.8 Å². The van der Waals surface area contributed by atoms with Crippen LogP contribution in [0.3, 0.4) is 0 Å². The molecule has 0 bridgehead atoms. The molecule has 0 spiro atoms. The fourth-order valence-corrected chi connectivity index (χ4v) is 15.1. The van der Waals surface area contributed by atoms with Crippen molar-refractivity contribution >= 4 is 127 Å². The first-order chi connectivity index (χ1) is 67.0. The topological polar surface area (TPSA) is 527 Å². The van der Waals surface area contributed by atoms with Crippen LogP contribution >= 0.6 is 49.8 Å². The zero-order valence-corrected chi connectivity index (χ0v) is 81.7. The van der Waals surface area contributed by atoms with Crippen LogP contribution in [0.2, 0.25) is 10.3 Å². The lowest BCUT2D eigenvalue weighted by molar-refractivity contribution is 0.228. The van der Waals surface area contributed by atoms with Crippen molar-refractivity contribution in [1.29, 1.82) is 21.0 Å². The maximum atomic E-state index is 12.6. The molecule has 2 aliphatic rings. The molecule has 38 nitrogen and oxygen atoms in total. The van der Waals surface area contributed by atoms with Gasteiger partial charge >= 0.3 is 35.6 Å². The number of halogens is 4. The molecule has 0 radical (unpaired) electrons. The number of benzene rings is 4. The summed E-state index contributed by atoms with van der Waals surface area (Å²) < 4.78 is 42.8. The first-order valence-electron chi connectivity index (χ1n) is 42.7. The molecule has 18 rings (SSSR count). The number of aliphatic hydroxyl groups excluding tert-OH is 2. The van der Waals surface area contributed by atoms with E-state index < -0.39 is 16.2 Å². The van der Waals surface area contributed by atoms with Crippen LogP contribution in [0.4, 0.5) is 0 Å². The van der Waals surface area contributed by atoms with Gasteiger partial charge in [-0.25, -0.2) is 57.3 Å². The van der Waals surface area contributed by atoms with Gasteiger partial charge in [-0.1, -0.05) is 107 Å². The van der Waals surface area contributed by atoms with Crippen molar-refractivity contribution in [3.05, 3.63) is 347 Å². The Labute approximate surface area is 822 Å². The summed E-state index contributed by atoms with van der Waals surface area (Å²) in [6, 6.07) is 47.2. The summed E-state index contributed by atoms with van der Waals surface area (Å²) in [5.74, 6) is 1.53. The van der Waals surface area contributed by atoms with Crippen molar-refractivity contribution < 1.29 is 37.7 Å². The summed E-state index contributed by atoms with van der Waals surface area (Å²) >= 11 is 14.6. The highest BCUT2D eigenvalue weighted by atomic mass is 79.9. The molecule has 722 valence electrons. The monoisotopic (exact) mass is 2040 g/mol. The predicted molar refractivity (Wildman–Crippen MR) is 541 cm³/mol. The van der Waals surface area contributed by atoms with Gasteiger partial charge in [-0.15, -0.1) is 32.9 Å². The Hall–Kier alpha value is -15.2. The van der Waals surface area contributed by atoms with E-state index in [1.54, 1.807) is 145 Å². The highest BCUT2D eigenvalue weighted by molar-refractivity contribution is 9.09. The number of hydrogen-bond donors (Lipinski definition) is 8. The Morgan fingerprint density at radius 1 is 0.493 bits per heavy atom. The number of fused-ring (bicyclic) bond motifs is 7. The second-order valence-electron chi connectivity index (χ2n) is 31.0. The zero-order chi connectivity index (χ0) is 102. The Balaban J connectivity index is 0.000000171. The van der Waals surface area contributed by atoms with E-state index in [9.17, 15) is 62.9 Å². The lowest BCUT2D eigenvalue weighted by Gasteiger charge is -2.25. The zero-order valence-electron chi connectivity index (χ0n) is 77.0. The Bertz CT molecular complexity index is 7940. The third kappa shape index (κ3) is 25.6. The number of imidazole rings is 5. The number of aromatic nitrogens is 17. The first kappa shape index (κ1) is 107. The van der Waals surface area contributed by atoms with Gasteiger partial charge in [0.05, 0.1) is 122 Å². The molecule has 12 aromatic heterocycles. The van der Waals surface area contributed by atoms with Gasteiger partial charge in [0.2, 0.25) is 9.05 Å². The van der Waals surface area contributed by atoms with Crippen LogP contribution in [0.1, 0.15) is 74.1 Å². The van der Waals surface area contributed by atoms with Crippen LogP contribution in [0.15, 0.2) is 239 Å². The molecule has 44 heteroatoms. The molecule has 0 aliphatic carbocycles. The molecule has 2 aliphatic heterocycles. The van der Waals surface area contributed by atoms with Crippen molar-refractivity contribution in [2.45, 2.75) is 85.2 Å². The average Bonchev–Trinajstić information content (AvgIpc) is 1.62. The summed E-state index contributed by atoms with van der Waals surface area (Å²) in [5.41, 5.74) is 16.2. The smallest absolute Gasteiger partial charge is 0.423 e. The van der Waals surface area contributed by atoms with Crippen LogP contribution in [0, 0.1) is 45.3 Å². The summed E-state index contributed by atoms with van der Waals surface area (Å²) in [5, 5.41) is 82.3. The third-order valence-electron chi connectivity index (χ3n) is 21.7. The number of nitriles is 4. The van der Waals surface area contributed by atoms with Crippen LogP contribution in [-0.4, -0.2) is 147 Å². The summed E-state index contributed by atoms with van der Waals surface area (Å²) in [6.45, 7) is 25.0. The molecule has 0 unspecified atom stereocenters. The van der Waals surface area contributed by atoms with Gasteiger partial charge in [0.25, 0.3) is 11.1 Å². The van der Waals surface area contributed by atoms with Crippen molar-refractivity contribution in [2.75, 3.05) is 24.7 Å². The molecule has 0 saturated carbocycles. The quantitative estimate of drug-likeness (QED) is 0.0130. The maximum Gasteiger partial charge on any atom is 0.489 e. The number of rotatable bonds is 18. The normalized spacial score (nSPS) is 11.7. The minimum Gasteiger partial charge on any atom is -0.423 e. The van der Waals surface area contributed by atoms with Gasteiger partial charge in [-0.2, -0.15) is 31.4 Å². The molecular weight excluding hydrogens is 1940 g/mol. The second kappa shape index (κ2) is 49.2. The lowest BCUT2D eigenvalue weighted by atomic mass is 9.76. The van der Waals surface area contributed by atoms with Crippen molar-refractivity contribution in [2.24, 2.45) is 35.2 Å². The number of hydrogen-bond acceptors (Lipinski definition) is 26. The standard InChI is InChI=1S/C24H22N6O3.C19H18N4O.C18H16N4O2.C10H10ClN3O.C8H8BNO3.C7H6ClN3O.C6H8N2O2.C3H5Br.CH3ClO2S/c1-3-9-30-20-7-6-19(26-22(20)28(2)24(30)32)17-11-15(4-5-16(17)12-25)13-29-10-8-21-18(14-29)23(31)27-33-21;1-4-10-23-17-9-8-16(21-18(17)22(3)19(23)24)15-11-13(5-2)6-7-14(15)12-20;1-3-8-22-16-7-6-15(20-17(16)21(2)18(22)24)14-9-12(11-23)4-5-13(14)10-19;1-3-6-14-7-4-5-8(11)12-9(7)13(2)10(14)15;10-4-7-2-1-6(5-11)3-8(7)9(12)13;1-11-6-4(9-7(11)12)2-3-5(8)10-6;9-6-4-3-7-2-1-5(4)10-8-6;1-2-3-4;1-5(2,3)4/h3-7,11H,1,8-10,13-14H2,2H3,(H,27,31);4,6-9,11H,1,5,10H2,2-3H3;3-7,9,23H,1,8,11H2,2H3;3-5H,1,6H2,2H3;1-3,11-13H,5H2;2-3H,1H3,(H,9,12);7H,1-3H2,(H,8,9);2H,1,3H2;1H3. The van der Waals surface area contributed by atoms with E-state index in [4.69, 9.17) is 57.6 Å². The third-order valence-corrected chi connectivity index (χ3v) is 22.6. The molecule has 0 fully saturated rings. The van der Waals surface area contributed by atoms with Gasteiger partial charge in [-0.3, -0.25) is 55.6 Å². The Morgan fingerprint density at radius 3 is 1.26 bits per heavy atom. The first-order valence-corrected chi connectivity index (χ1v) is 47.3. The van der Waals surface area contributed by atoms with Gasteiger partial charge in [-0.05, 0) is 132 Å². The number of aromatic amines is 3. The van der Waals surface area contributed by atoms with Gasteiger partial charge in [0.15, 0.2) is 28.2 Å². The van der Waals surface area contributed by atoms with E-state index in [2.05, 4.69) is 130 Å². The van der Waals surface area contributed by atoms with E-state index >= 15 is 0 Å². The number of nitrogens with zero attached hydrogens (tertiary/aromatic N) is 19. The van der Waals surface area contributed by atoms with E-state index in [-0.39, 0.29) is 63.8 Å². The maximum absolute atomic E-state index is 12.6. The lowest BCUT2D eigenvalue weighted by Crippen LogP contribution is -2.32. The number of nitrogens with one attached hydrogen (secondary N) is 4. The molecule has 0 amide bonds. The Kier molecular flexibility index (Phi) is 37.5. The van der Waals surface area contributed by atoms with Gasteiger partial charge in [0, 0.05) is 145 Å². The molecule has 0 atom stereocenters. The number of allylic oxidation sites excluding steroid dienone is 5. The number of pyridine rings is 5. The molecule has 4 aromatic carbocycles. The molecule has 14 heterocycles. The van der Waals surface area contributed by atoms with Crippen LogP contribution < -0.4 is 50.3 Å². The summed E-state index contributed by atoms with van der Waals surface area (Å²) in [4.78, 5) is 110. The van der Waals surface area contributed by atoms with E-state index in [1.807, 2.05) is 66.7 Å². The predicted octanol–water partition coefficient (Wildman–Crippen LogP) is 9.86. The van der Waals surface area contributed by atoms with Gasteiger partial charge in [0.1, 0.15) is 21.8 Å².